The Kier molecular flexibility index (Phi) is 5.96. The van der Waals surface area contributed by atoms with Crippen molar-refractivity contribution in [2.24, 2.45) is 5.10 Å². The van der Waals surface area contributed by atoms with Crippen molar-refractivity contribution in [3.63, 3.8) is 0 Å². The standard InChI is InChI=1S/C18H20FN3O6S/c1-11(17(24)20-13-4-2-12(19)3-5-13)28-18(25)15-6-7-16(23)22(21-15)14-8-9-29(26,27)10-14/h2-5,11,14H,6-10H2,1H3,(H,20,24)/t11-,14-/m1/s1. The zero-order valence-electron chi connectivity index (χ0n) is 15.6. The highest BCUT2D eigenvalue weighted by Crippen LogP contribution is 2.22. The molecule has 9 nitrogen and oxygen atoms in total. The Balaban J connectivity index is 1.62. The molecule has 1 fully saturated rings. The van der Waals surface area contributed by atoms with Gasteiger partial charge in [-0.15, -0.1) is 0 Å². The van der Waals surface area contributed by atoms with Gasteiger partial charge in [-0.05, 0) is 37.6 Å². The van der Waals surface area contributed by atoms with Crippen molar-refractivity contribution in [2.75, 3.05) is 16.8 Å². The molecule has 156 valence electrons. The molecule has 2 aliphatic heterocycles. The van der Waals surface area contributed by atoms with Crippen LogP contribution in [0, 0.1) is 5.82 Å². The highest BCUT2D eigenvalue weighted by Gasteiger charge is 2.37. The van der Waals surface area contributed by atoms with Crippen molar-refractivity contribution in [1.82, 2.24) is 5.01 Å². The van der Waals surface area contributed by atoms with E-state index in [1.165, 1.54) is 31.2 Å². The molecule has 2 aliphatic rings. The maximum atomic E-state index is 12.9. The van der Waals surface area contributed by atoms with Crippen LogP contribution in [0.1, 0.15) is 26.2 Å². The molecule has 2 heterocycles. The minimum absolute atomic E-state index is 0.000633. The number of halogens is 1. The molecule has 2 amide bonds. The number of amides is 2. The van der Waals surface area contributed by atoms with Crippen LogP contribution in [0.25, 0.3) is 0 Å². The number of carbonyl (C=O) groups excluding carboxylic acids is 3. The lowest BCUT2D eigenvalue weighted by molar-refractivity contribution is -0.147. The number of nitrogens with one attached hydrogen (secondary N) is 1. The number of rotatable bonds is 5. The van der Waals surface area contributed by atoms with Crippen LogP contribution in [0.2, 0.25) is 0 Å². The molecule has 3 rings (SSSR count). The minimum Gasteiger partial charge on any atom is -0.448 e. The van der Waals surface area contributed by atoms with Gasteiger partial charge in [-0.25, -0.2) is 22.6 Å². The molecular weight excluding hydrogens is 405 g/mol. The zero-order valence-corrected chi connectivity index (χ0v) is 16.4. The third kappa shape index (κ3) is 5.17. The maximum absolute atomic E-state index is 12.9. The number of hydrazone groups is 1. The first-order valence-corrected chi connectivity index (χ1v) is 10.8. The van der Waals surface area contributed by atoms with Gasteiger partial charge in [0.15, 0.2) is 15.9 Å². The van der Waals surface area contributed by atoms with Gasteiger partial charge in [0.2, 0.25) is 5.91 Å². The summed E-state index contributed by atoms with van der Waals surface area (Å²) in [5, 5.41) is 7.55. The van der Waals surface area contributed by atoms with Crippen LogP contribution in [0.15, 0.2) is 29.4 Å². The predicted molar refractivity (Wildman–Crippen MR) is 101 cm³/mol. The molecule has 0 radical (unpaired) electrons. The van der Waals surface area contributed by atoms with E-state index >= 15 is 0 Å². The fourth-order valence-corrected chi connectivity index (χ4v) is 4.72. The predicted octanol–water partition coefficient (Wildman–Crippen LogP) is 0.861. The summed E-state index contributed by atoms with van der Waals surface area (Å²) in [6.45, 7) is 1.37. The summed E-state index contributed by atoms with van der Waals surface area (Å²) >= 11 is 0. The summed E-state index contributed by atoms with van der Waals surface area (Å²) in [7, 11) is -3.22. The molecule has 0 saturated carbocycles. The second kappa shape index (κ2) is 8.27. The number of anilines is 1. The Labute approximate surface area is 166 Å². The molecule has 1 aromatic carbocycles. The van der Waals surface area contributed by atoms with Gasteiger partial charge in [0, 0.05) is 18.5 Å². The number of benzene rings is 1. The number of hydrogen-bond acceptors (Lipinski definition) is 7. The van der Waals surface area contributed by atoms with Crippen LogP contribution in [-0.4, -0.2) is 60.6 Å². The lowest BCUT2D eigenvalue weighted by atomic mass is 10.1. The largest absolute Gasteiger partial charge is 0.448 e. The summed E-state index contributed by atoms with van der Waals surface area (Å²) in [6.07, 6.45) is -0.857. The van der Waals surface area contributed by atoms with Gasteiger partial charge >= 0.3 is 5.97 Å². The van der Waals surface area contributed by atoms with E-state index in [9.17, 15) is 27.2 Å². The Morgan fingerprint density at radius 1 is 1.28 bits per heavy atom. The van der Waals surface area contributed by atoms with Gasteiger partial charge in [0.05, 0.1) is 17.5 Å². The van der Waals surface area contributed by atoms with E-state index in [0.717, 1.165) is 5.01 Å². The highest BCUT2D eigenvalue weighted by molar-refractivity contribution is 7.91. The van der Waals surface area contributed by atoms with E-state index in [2.05, 4.69) is 10.4 Å². The van der Waals surface area contributed by atoms with E-state index in [0.29, 0.717) is 5.69 Å². The van der Waals surface area contributed by atoms with Crippen LogP contribution in [0.3, 0.4) is 0 Å². The van der Waals surface area contributed by atoms with Crippen LogP contribution in [0.4, 0.5) is 10.1 Å². The van der Waals surface area contributed by atoms with E-state index in [1.807, 2.05) is 0 Å². The first kappa shape index (κ1) is 20.9. The summed E-state index contributed by atoms with van der Waals surface area (Å²) in [5.74, 6) is -2.50. The van der Waals surface area contributed by atoms with Crippen LogP contribution < -0.4 is 5.32 Å². The molecule has 11 heteroatoms. The quantitative estimate of drug-likeness (QED) is 0.699. The summed E-state index contributed by atoms with van der Waals surface area (Å²) in [5.41, 5.74) is 0.295. The average molecular weight is 425 g/mol. The highest BCUT2D eigenvalue weighted by atomic mass is 32.2. The van der Waals surface area contributed by atoms with Gasteiger partial charge in [0.25, 0.3) is 5.91 Å². The number of hydrogen-bond donors (Lipinski definition) is 1. The van der Waals surface area contributed by atoms with Crippen molar-refractivity contribution in [3.8, 4) is 0 Å². The van der Waals surface area contributed by atoms with Gasteiger partial charge in [-0.1, -0.05) is 0 Å². The average Bonchev–Trinajstić information content (AvgIpc) is 3.03. The third-order valence-corrected chi connectivity index (χ3v) is 6.36. The van der Waals surface area contributed by atoms with E-state index < -0.39 is 39.7 Å². The number of sulfone groups is 1. The van der Waals surface area contributed by atoms with Crippen LogP contribution in [0.5, 0.6) is 0 Å². The van der Waals surface area contributed by atoms with Gasteiger partial charge in [-0.3, -0.25) is 9.59 Å². The number of carbonyl (C=O) groups is 3. The Morgan fingerprint density at radius 2 is 1.97 bits per heavy atom. The normalized spacial score (nSPS) is 22.0. The minimum atomic E-state index is -3.22. The summed E-state index contributed by atoms with van der Waals surface area (Å²) in [4.78, 5) is 36.6. The summed E-state index contributed by atoms with van der Waals surface area (Å²) in [6, 6.07) is 4.49. The second-order valence-electron chi connectivity index (χ2n) is 6.89. The zero-order chi connectivity index (χ0) is 21.2. The van der Waals surface area contributed by atoms with Gasteiger partial charge < -0.3 is 10.1 Å². The van der Waals surface area contributed by atoms with Crippen molar-refractivity contribution in [1.29, 1.82) is 0 Å². The molecule has 2 atom stereocenters. The van der Waals surface area contributed by atoms with Crippen molar-refractivity contribution in [3.05, 3.63) is 30.1 Å². The molecular formula is C18H20FN3O6S. The van der Waals surface area contributed by atoms with Crippen molar-refractivity contribution >= 4 is 39.0 Å². The molecule has 29 heavy (non-hydrogen) atoms. The molecule has 1 N–H and O–H groups in total. The maximum Gasteiger partial charge on any atom is 0.355 e. The molecule has 0 bridgehead atoms. The SMILES string of the molecule is C[C@@H](OC(=O)C1=NN([C@@H]2CCS(=O)(=O)C2)C(=O)CC1)C(=O)Nc1ccc(F)cc1. The number of ether oxygens (including phenoxy) is 1. The topological polar surface area (TPSA) is 122 Å². The van der Waals surface area contributed by atoms with E-state index in [4.69, 9.17) is 4.74 Å². The molecule has 0 aliphatic carbocycles. The number of esters is 1. The Morgan fingerprint density at radius 3 is 2.59 bits per heavy atom. The molecule has 0 spiro atoms. The third-order valence-electron chi connectivity index (χ3n) is 4.61. The van der Waals surface area contributed by atoms with E-state index in [1.54, 1.807) is 0 Å². The van der Waals surface area contributed by atoms with Crippen molar-refractivity contribution < 1.29 is 31.9 Å². The molecule has 1 saturated heterocycles. The van der Waals surface area contributed by atoms with Crippen LogP contribution >= 0.6 is 0 Å². The summed E-state index contributed by atoms with van der Waals surface area (Å²) < 4.78 is 41.3. The van der Waals surface area contributed by atoms with Crippen molar-refractivity contribution in [2.45, 2.75) is 38.3 Å². The first-order valence-electron chi connectivity index (χ1n) is 9.02. The van der Waals surface area contributed by atoms with E-state index in [-0.39, 0.29) is 42.4 Å². The number of nitrogens with zero attached hydrogens (tertiary/aromatic N) is 2. The fraction of sp³-hybridized carbons (Fsp3) is 0.444. The van der Waals surface area contributed by atoms with Crippen LogP contribution in [-0.2, 0) is 29.0 Å². The molecule has 0 unspecified atom stereocenters. The fourth-order valence-electron chi connectivity index (χ4n) is 3.03. The van der Waals surface area contributed by atoms with Gasteiger partial charge in [-0.2, -0.15) is 5.10 Å². The Hall–Kier alpha value is -2.82. The lowest BCUT2D eigenvalue weighted by Gasteiger charge is -2.27. The molecule has 0 aromatic heterocycles. The van der Waals surface area contributed by atoms with Gasteiger partial charge in [0.1, 0.15) is 11.5 Å². The second-order valence-corrected chi connectivity index (χ2v) is 9.11. The monoisotopic (exact) mass is 425 g/mol. The lowest BCUT2D eigenvalue weighted by Crippen LogP contribution is -2.42. The Bertz CT molecular complexity index is 960. The molecule has 1 aromatic rings. The smallest absolute Gasteiger partial charge is 0.355 e. The first-order chi connectivity index (χ1) is 13.6.